The normalized spacial score (nSPS) is 9.67. The average Bonchev–Trinajstić information content (AvgIpc) is 2.23. The molecule has 0 rings (SSSR count). The van der Waals surface area contributed by atoms with Crippen LogP contribution in [0, 0.1) is 0 Å². The van der Waals surface area contributed by atoms with Crippen LogP contribution in [0.1, 0.15) is 13.3 Å². The van der Waals surface area contributed by atoms with E-state index in [-0.39, 0.29) is 18.6 Å². The van der Waals surface area contributed by atoms with Crippen molar-refractivity contribution in [2.24, 2.45) is 0 Å². The summed E-state index contributed by atoms with van der Waals surface area (Å²) in [5.41, 5.74) is 0.256. The molecule has 0 saturated heterocycles. The highest BCUT2D eigenvalue weighted by Crippen LogP contribution is 1.95. The summed E-state index contributed by atoms with van der Waals surface area (Å²) in [5, 5.41) is 7.60. The molecule has 0 amide bonds. The van der Waals surface area contributed by atoms with Crippen LogP contribution in [0.15, 0.2) is 24.8 Å². The Labute approximate surface area is 106 Å². The Morgan fingerprint density at radius 2 is 1.83 bits per heavy atom. The van der Waals surface area contributed by atoms with Crippen molar-refractivity contribution < 1.29 is 32.4 Å². The fraction of sp³-hybridized carbons (Fsp3) is 0.400. The second-order valence-corrected chi connectivity index (χ2v) is 4.67. The minimum atomic E-state index is -3.96. The van der Waals surface area contributed by atoms with Crippen molar-refractivity contribution in [3.8, 4) is 0 Å². The monoisotopic (exact) mass is 280 g/mol. The van der Waals surface area contributed by atoms with Gasteiger partial charge in [-0.05, 0) is 13.3 Å². The van der Waals surface area contributed by atoms with E-state index in [1.165, 1.54) is 6.92 Å². The van der Waals surface area contributed by atoms with E-state index in [4.69, 9.17) is 9.66 Å². The number of rotatable bonds is 6. The maximum absolute atomic E-state index is 10.7. The van der Waals surface area contributed by atoms with Gasteiger partial charge in [-0.1, -0.05) is 13.2 Å². The van der Waals surface area contributed by atoms with E-state index in [0.29, 0.717) is 0 Å². The van der Waals surface area contributed by atoms with Crippen molar-refractivity contribution in [1.82, 2.24) is 0 Å². The summed E-state index contributed by atoms with van der Waals surface area (Å²) in [6.07, 6.45) is 0.915. The Morgan fingerprint density at radius 3 is 2.11 bits per heavy atom. The zero-order valence-electron chi connectivity index (χ0n) is 9.96. The Kier molecular flexibility index (Phi) is 9.73. The van der Waals surface area contributed by atoms with Gasteiger partial charge in [0.25, 0.3) is 10.1 Å². The quantitative estimate of drug-likeness (QED) is 0.317. The first kappa shape index (κ1) is 18.7. The van der Waals surface area contributed by atoms with Gasteiger partial charge in [0, 0.05) is 11.6 Å². The molecule has 2 N–H and O–H groups in total. The lowest BCUT2D eigenvalue weighted by molar-refractivity contribution is -0.139. The van der Waals surface area contributed by atoms with Crippen molar-refractivity contribution >= 4 is 22.1 Å². The maximum atomic E-state index is 10.7. The first-order valence-corrected chi connectivity index (χ1v) is 6.34. The molecular formula is C10H16O7S. The molecule has 0 fully saturated rings. The van der Waals surface area contributed by atoms with Crippen LogP contribution in [0.2, 0.25) is 0 Å². The molecule has 18 heavy (non-hydrogen) atoms. The molecule has 0 heterocycles. The molecule has 0 radical (unpaired) electrons. The first-order valence-electron chi connectivity index (χ1n) is 4.73. The zero-order valence-corrected chi connectivity index (χ0v) is 10.8. The molecule has 0 aliphatic rings. The molecule has 0 aliphatic carbocycles. The van der Waals surface area contributed by atoms with Crippen LogP contribution in [-0.4, -0.2) is 42.4 Å². The molecule has 0 aliphatic heterocycles. The van der Waals surface area contributed by atoms with Gasteiger partial charge in [0.1, 0.15) is 0 Å². The van der Waals surface area contributed by atoms with E-state index < -0.39 is 27.8 Å². The highest BCUT2D eigenvalue weighted by molar-refractivity contribution is 7.85. The highest BCUT2D eigenvalue weighted by atomic mass is 32.2. The minimum absolute atomic E-state index is 0.0362. The van der Waals surface area contributed by atoms with Crippen LogP contribution in [-0.2, 0) is 24.4 Å². The van der Waals surface area contributed by atoms with Crippen molar-refractivity contribution in [3.63, 3.8) is 0 Å². The van der Waals surface area contributed by atoms with Crippen molar-refractivity contribution in [2.75, 3.05) is 12.4 Å². The van der Waals surface area contributed by atoms with Crippen LogP contribution >= 0.6 is 0 Å². The standard InChI is InChI=1S/C7H12O5S.C3H4O2/c1-6(2)7(8)12-4-3-5-13(9,10)11;1-2-3(4)5/h1,3-5H2,2H3,(H,9,10,11);2H,1H2,(H,4,5). The zero-order chi connectivity index (χ0) is 14.8. The Bertz CT molecular complexity index is 408. The summed E-state index contributed by atoms with van der Waals surface area (Å²) in [7, 11) is -3.96. The molecular weight excluding hydrogens is 264 g/mol. The third-order valence-corrected chi connectivity index (χ3v) is 2.11. The summed E-state index contributed by atoms with van der Waals surface area (Å²) in [6.45, 7) is 7.76. The van der Waals surface area contributed by atoms with E-state index in [1.54, 1.807) is 0 Å². The molecule has 104 valence electrons. The lowest BCUT2D eigenvalue weighted by Gasteiger charge is -2.02. The number of hydrogen-bond acceptors (Lipinski definition) is 5. The summed E-state index contributed by atoms with van der Waals surface area (Å²) in [5.74, 6) is -1.95. The number of carboxylic acids is 1. The number of esters is 1. The Morgan fingerprint density at radius 1 is 1.39 bits per heavy atom. The molecule has 0 bridgehead atoms. The average molecular weight is 280 g/mol. The second-order valence-electron chi connectivity index (χ2n) is 3.10. The van der Waals surface area contributed by atoms with Gasteiger partial charge in [-0.2, -0.15) is 8.42 Å². The van der Waals surface area contributed by atoms with Crippen LogP contribution in [0.25, 0.3) is 0 Å². The van der Waals surface area contributed by atoms with E-state index in [0.717, 1.165) is 6.08 Å². The van der Waals surface area contributed by atoms with Gasteiger partial charge >= 0.3 is 11.9 Å². The molecule has 8 heteroatoms. The van der Waals surface area contributed by atoms with Crippen molar-refractivity contribution in [2.45, 2.75) is 13.3 Å². The van der Waals surface area contributed by atoms with Gasteiger partial charge in [0.15, 0.2) is 0 Å². The van der Waals surface area contributed by atoms with E-state index in [9.17, 15) is 18.0 Å². The third kappa shape index (κ3) is 16.7. The van der Waals surface area contributed by atoms with Gasteiger partial charge in [-0.3, -0.25) is 4.55 Å². The topological polar surface area (TPSA) is 118 Å². The van der Waals surface area contributed by atoms with Gasteiger partial charge < -0.3 is 9.84 Å². The lowest BCUT2D eigenvalue weighted by Crippen LogP contribution is -2.11. The maximum Gasteiger partial charge on any atom is 0.333 e. The number of carbonyl (C=O) groups excluding carboxylic acids is 1. The molecule has 0 aromatic rings. The summed E-state index contributed by atoms with van der Waals surface area (Å²) in [6, 6.07) is 0. The lowest BCUT2D eigenvalue weighted by atomic mass is 10.4. The van der Waals surface area contributed by atoms with Gasteiger partial charge in [-0.25, -0.2) is 9.59 Å². The van der Waals surface area contributed by atoms with Gasteiger partial charge in [0.2, 0.25) is 0 Å². The number of aliphatic carboxylic acids is 1. The molecule has 0 aromatic carbocycles. The fourth-order valence-corrected chi connectivity index (χ4v) is 1.01. The fourth-order valence-electron chi connectivity index (χ4n) is 0.529. The predicted octanol–water partition coefficient (Wildman–Crippen LogP) is 0.641. The SMILES string of the molecule is C=C(C)C(=O)OCCCS(=O)(=O)O.C=CC(=O)O. The summed E-state index contributed by atoms with van der Waals surface area (Å²) >= 11 is 0. The van der Waals surface area contributed by atoms with Gasteiger partial charge in [-0.15, -0.1) is 0 Å². The summed E-state index contributed by atoms with van der Waals surface area (Å²) in [4.78, 5) is 20.0. The molecule has 0 spiro atoms. The first-order chi connectivity index (χ1) is 8.10. The molecule has 0 saturated carbocycles. The second kappa shape index (κ2) is 9.37. The van der Waals surface area contributed by atoms with Crippen molar-refractivity contribution in [1.29, 1.82) is 0 Å². The third-order valence-electron chi connectivity index (χ3n) is 1.30. The highest BCUT2D eigenvalue weighted by Gasteiger charge is 2.06. The number of hydrogen-bond donors (Lipinski definition) is 2. The Hall–Kier alpha value is -1.67. The number of ether oxygens (including phenoxy) is 1. The van der Waals surface area contributed by atoms with Gasteiger partial charge in [0.05, 0.1) is 12.4 Å². The minimum Gasteiger partial charge on any atom is -0.478 e. The van der Waals surface area contributed by atoms with E-state index in [2.05, 4.69) is 17.9 Å². The number of carboxylic acid groups (broad SMARTS) is 1. The smallest absolute Gasteiger partial charge is 0.333 e. The van der Waals surface area contributed by atoms with Crippen LogP contribution < -0.4 is 0 Å². The summed E-state index contributed by atoms with van der Waals surface area (Å²) < 4.78 is 33.3. The number of carbonyl (C=O) groups is 2. The molecule has 7 nitrogen and oxygen atoms in total. The molecule has 0 aromatic heterocycles. The predicted molar refractivity (Wildman–Crippen MR) is 64.6 cm³/mol. The van der Waals surface area contributed by atoms with Crippen molar-refractivity contribution in [3.05, 3.63) is 24.8 Å². The largest absolute Gasteiger partial charge is 0.478 e. The van der Waals surface area contributed by atoms with E-state index >= 15 is 0 Å². The molecule has 0 unspecified atom stereocenters. The van der Waals surface area contributed by atoms with Crippen LogP contribution in [0.5, 0.6) is 0 Å². The Balaban J connectivity index is 0. The van der Waals surface area contributed by atoms with Crippen LogP contribution in [0.4, 0.5) is 0 Å². The van der Waals surface area contributed by atoms with Crippen LogP contribution in [0.3, 0.4) is 0 Å². The molecule has 0 atom stereocenters. The van der Waals surface area contributed by atoms with E-state index in [1.807, 2.05) is 0 Å².